The molecule has 0 fully saturated rings. The van der Waals surface area contributed by atoms with Gasteiger partial charge < -0.3 is 20.1 Å². The van der Waals surface area contributed by atoms with E-state index in [9.17, 15) is 19.8 Å². The van der Waals surface area contributed by atoms with E-state index in [1.54, 1.807) is 24.3 Å². The van der Waals surface area contributed by atoms with Gasteiger partial charge in [0, 0.05) is 13.0 Å². The van der Waals surface area contributed by atoms with Crippen LogP contribution in [0.4, 0.5) is 0 Å². The second-order valence-electron chi connectivity index (χ2n) is 6.82. The quantitative estimate of drug-likeness (QED) is 0.411. The highest BCUT2D eigenvalue weighted by Gasteiger charge is 2.16. The van der Waals surface area contributed by atoms with Crippen LogP contribution in [0.1, 0.15) is 50.3 Å². The van der Waals surface area contributed by atoms with E-state index in [2.05, 4.69) is 11.9 Å². The summed E-state index contributed by atoms with van der Waals surface area (Å²) in [4.78, 5) is 25.2. The number of nitrogens with zero attached hydrogens (tertiary/aromatic N) is 1. The van der Waals surface area contributed by atoms with E-state index in [4.69, 9.17) is 9.84 Å². The summed E-state index contributed by atoms with van der Waals surface area (Å²) in [6.07, 6.45) is 3.98. The number of unbranched alkanes of at least 4 members (excludes halogenated alkanes) is 2. The van der Waals surface area contributed by atoms with Gasteiger partial charge in [0.1, 0.15) is 5.75 Å². The first kappa shape index (κ1) is 21.6. The molecular formula is C20H28N2O6. The number of aliphatic carboxylic acids is 1. The molecule has 8 nitrogen and oxygen atoms in total. The Bertz CT molecular complexity index is 826. The van der Waals surface area contributed by atoms with Crippen molar-refractivity contribution in [3.05, 3.63) is 46.0 Å². The predicted octanol–water partition coefficient (Wildman–Crippen LogP) is 2.27. The molecule has 1 aromatic heterocycles. The fourth-order valence-electron chi connectivity index (χ4n) is 3.04. The van der Waals surface area contributed by atoms with Gasteiger partial charge in [-0.05, 0) is 30.5 Å². The largest absolute Gasteiger partial charge is 0.493 e. The summed E-state index contributed by atoms with van der Waals surface area (Å²) in [5, 5.41) is 28.9. The van der Waals surface area contributed by atoms with Gasteiger partial charge in [-0.25, -0.2) is 9.59 Å². The molecule has 0 spiro atoms. The van der Waals surface area contributed by atoms with E-state index < -0.39 is 24.4 Å². The average molecular weight is 392 g/mol. The third kappa shape index (κ3) is 6.45. The van der Waals surface area contributed by atoms with Gasteiger partial charge in [-0.2, -0.15) is 0 Å². The maximum atomic E-state index is 12.1. The molecular weight excluding hydrogens is 364 g/mol. The van der Waals surface area contributed by atoms with E-state index in [-0.39, 0.29) is 12.3 Å². The Labute approximate surface area is 163 Å². The van der Waals surface area contributed by atoms with E-state index in [0.717, 1.165) is 24.8 Å². The Morgan fingerprint density at radius 3 is 2.79 bits per heavy atom. The number of hydrogen-bond acceptors (Lipinski definition) is 5. The number of imidazole rings is 1. The number of hydrogen-bond donors (Lipinski definition) is 4. The zero-order valence-corrected chi connectivity index (χ0v) is 16.1. The van der Waals surface area contributed by atoms with Crippen LogP contribution in [-0.4, -0.2) is 43.6 Å². The van der Waals surface area contributed by atoms with Gasteiger partial charge in [0.15, 0.2) is 6.61 Å². The molecule has 0 bridgehead atoms. The number of carbonyl (C=O) groups is 1. The smallest absolute Gasteiger partial charge is 0.341 e. The van der Waals surface area contributed by atoms with Crippen molar-refractivity contribution >= 4 is 5.97 Å². The number of aliphatic hydroxyl groups excluding tert-OH is 1. The fraction of sp³-hybridized carbons (Fsp3) is 0.500. The van der Waals surface area contributed by atoms with E-state index in [1.807, 2.05) is 0 Å². The minimum absolute atomic E-state index is 0.206. The molecule has 4 N–H and O–H groups in total. The second-order valence-corrected chi connectivity index (χ2v) is 6.82. The van der Waals surface area contributed by atoms with Crippen LogP contribution in [0.15, 0.2) is 29.1 Å². The van der Waals surface area contributed by atoms with Crippen molar-refractivity contribution in [1.29, 1.82) is 0 Å². The lowest BCUT2D eigenvalue weighted by molar-refractivity contribution is -0.139. The topological polar surface area (TPSA) is 125 Å². The van der Waals surface area contributed by atoms with Crippen molar-refractivity contribution in [2.75, 3.05) is 6.61 Å². The molecule has 0 aliphatic carbocycles. The average Bonchev–Trinajstić information content (AvgIpc) is 2.91. The highest BCUT2D eigenvalue weighted by atomic mass is 16.5. The van der Waals surface area contributed by atoms with Crippen molar-refractivity contribution in [3.8, 4) is 11.6 Å². The molecule has 0 aliphatic rings. The predicted molar refractivity (Wildman–Crippen MR) is 104 cm³/mol. The van der Waals surface area contributed by atoms with Crippen molar-refractivity contribution < 1.29 is 24.9 Å². The van der Waals surface area contributed by atoms with Crippen LogP contribution in [0, 0.1) is 0 Å². The normalized spacial score (nSPS) is 12.1. The number of rotatable bonds is 12. The number of carboxylic acid groups (broad SMARTS) is 1. The standard InChI is InChI=1S/C20H28N2O6/c1-2-3-4-7-15(23)9-10-22-17(19(26)21-20(22)27)12-14-6-5-8-16(11-14)28-13-18(24)25/h5-6,8,11,15,23,26H,2-4,7,9-10,12-13H2,1H3,(H,21,27)(H,24,25). The molecule has 2 aromatic rings. The van der Waals surface area contributed by atoms with E-state index in [0.29, 0.717) is 30.8 Å². The summed E-state index contributed by atoms with van der Waals surface area (Å²) in [6.45, 7) is 1.95. The number of aliphatic hydroxyl groups is 1. The summed E-state index contributed by atoms with van der Waals surface area (Å²) in [6, 6.07) is 6.83. The first-order valence-corrected chi connectivity index (χ1v) is 9.53. The third-order valence-corrected chi connectivity index (χ3v) is 4.53. The summed E-state index contributed by atoms with van der Waals surface area (Å²) in [5.41, 5.74) is 0.752. The lowest BCUT2D eigenvalue weighted by Gasteiger charge is -2.12. The summed E-state index contributed by atoms with van der Waals surface area (Å²) >= 11 is 0. The number of H-pyrrole nitrogens is 1. The highest BCUT2D eigenvalue weighted by Crippen LogP contribution is 2.21. The number of nitrogens with one attached hydrogen (secondary N) is 1. The monoisotopic (exact) mass is 392 g/mol. The molecule has 0 aliphatic heterocycles. The molecule has 0 saturated heterocycles. The Morgan fingerprint density at radius 1 is 1.29 bits per heavy atom. The van der Waals surface area contributed by atoms with Gasteiger partial charge >= 0.3 is 11.7 Å². The lowest BCUT2D eigenvalue weighted by Crippen LogP contribution is -2.22. The molecule has 1 heterocycles. The van der Waals surface area contributed by atoms with E-state index in [1.165, 1.54) is 4.57 Å². The second kappa shape index (κ2) is 10.6. The molecule has 0 amide bonds. The Balaban J connectivity index is 2.07. The minimum atomic E-state index is -1.07. The van der Waals surface area contributed by atoms with Gasteiger partial charge in [0.2, 0.25) is 5.88 Å². The molecule has 0 saturated carbocycles. The van der Waals surface area contributed by atoms with Crippen molar-refractivity contribution in [3.63, 3.8) is 0 Å². The van der Waals surface area contributed by atoms with E-state index >= 15 is 0 Å². The van der Waals surface area contributed by atoms with Gasteiger partial charge in [-0.3, -0.25) is 9.55 Å². The fourth-order valence-corrected chi connectivity index (χ4v) is 3.04. The highest BCUT2D eigenvalue weighted by molar-refractivity contribution is 5.68. The third-order valence-electron chi connectivity index (χ3n) is 4.53. The molecule has 1 aromatic carbocycles. The van der Waals surface area contributed by atoms with Crippen molar-refractivity contribution in [2.45, 2.75) is 58.1 Å². The zero-order valence-electron chi connectivity index (χ0n) is 16.1. The molecule has 8 heteroatoms. The molecule has 28 heavy (non-hydrogen) atoms. The van der Waals surface area contributed by atoms with Crippen LogP contribution in [0.5, 0.6) is 11.6 Å². The molecule has 1 atom stereocenters. The number of aromatic hydroxyl groups is 1. The number of ether oxygens (including phenoxy) is 1. The Kier molecular flexibility index (Phi) is 8.13. The number of aromatic nitrogens is 2. The van der Waals surface area contributed by atoms with Crippen LogP contribution >= 0.6 is 0 Å². The van der Waals surface area contributed by atoms with Crippen molar-refractivity contribution in [2.24, 2.45) is 0 Å². The minimum Gasteiger partial charge on any atom is -0.493 e. The van der Waals surface area contributed by atoms with Crippen LogP contribution in [0.3, 0.4) is 0 Å². The Hall–Kier alpha value is -2.74. The summed E-state index contributed by atoms with van der Waals surface area (Å²) < 4.78 is 6.60. The van der Waals surface area contributed by atoms with Gasteiger partial charge in [0.05, 0.1) is 11.8 Å². The number of aromatic amines is 1. The lowest BCUT2D eigenvalue weighted by atomic mass is 10.1. The summed E-state index contributed by atoms with van der Waals surface area (Å²) in [5.74, 6) is -0.877. The van der Waals surface area contributed by atoms with Gasteiger partial charge in [-0.1, -0.05) is 38.3 Å². The molecule has 0 radical (unpaired) electrons. The maximum absolute atomic E-state index is 12.1. The van der Waals surface area contributed by atoms with Crippen LogP contribution in [-0.2, 0) is 17.8 Å². The number of carboxylic acids is 1. The van der Waals surface area contributed by atoms with Crippen LogP contribution in [0.25, 0.3) is 0 Å². The van der Waals surface area contributed by atoms with Crippen LogP contribution in [0.2, 0.25) is 0 Å². The molecule has 2 rings (SSSR count). The number of benzene rings is 1. The van der Waals surface area contributed by atoms with Gasteiger partial charge in [0.25, 0.3) is 0 Å². The maximum Gasteiger partial charge on any atom is 0.341 e. The first-order valence-electron chi connectivity index (χ1n) is 9.53. The molecule has 154 valence electrons. The van der Waals surface area contributed by atoms with Crippen LogP contribution < -0.4 is 10.4 Å². The summed E-state index contributed by atoms with van der Waals surface area (Å²) in [7, 11) is 0. The SMILES string of the molecule is CCCCCC(O)CCn1c(Cc2cccc(OCC(=O)O)c2)c(O)[nH]c1=O. The first-order chi connectivity index (χ1) is 13.4. The van der Waals surface area contributed by atoms with Crippen molar-refractivity contribution in [1.82, 2.24) is 9.55 Å². The Morgan fingerprint density at radius 2 is 2.07 bits per heavy atom. The zero-order chi connectivity index (χ0) is 20.5. The molecule has 1 unspecified atom stereocenters. The van der Waals surface area contributed by atoms with Gasteiger partial charge in [-0.15, -0.1) is 0 Å².